The predicted molar refractivity (Wildman–Crippen MR) is 102 cm³/mol. The van der Waals surface area contributed by atoms with E-state index >= 15 is 0 Å². The van der Waals surface area contributed by atoms with Crippen molar-refractivity contribution < 1.29 is 14.3 Å². The second-order valence-corrected chi connectivity index (χ2v) is 7.47. The second kappa shape index (κ2) is 8.71. The minimum atomic E-state index is -0.442. The molecule has 1 saturated heterocycles. The molecule has 0 spiro atoms. The SMILES string of the molecule is CCCC1(C(N)=O)CCN(C(=O)c2cc(C)n(CCCOC)c2C)CC1. The lowest BCUT2D eigenvalue weighted by atomic mass is 9.74. The Morgan fingerprint density at radius 3 is 2.46 bits per heavy atom. The van der Waals surface area contributed by atoms with Crippen LogP contribution in [0.4, 0.5) is 0 Å². The highest BCUT2D eigenvalue weighted by atomic mass is 16.5. The van der Waals surface area contributed by atoms with Crippen LogP contribution in [0.25, 0.3) is 0 Å². The average molecular weight is 364 g/mol. The Labute approximate surface area is 156 Å². The van der Waals surface area contributed by atoms with Crippen molar-refractivity contribution in [2.75, 3.05) is 26.8 Å². The zero-order valence-electron chi connectivity index (χ0n) is 16.6. The van der Waals surface area contributed by atoms with Crippen molar-refractivity contribution in [3.8, 4) is 0 Å². The van der Waals surface area contributed by atoms with E-state index in [0.717, 1.165) is 42.8 Å². The van der Waals surface area contributed by atoms with Crippen LogP contribution < -0.4 is 5.73 Å². The van der Waals surface area contributed by atoms with E-state index in [0.29, 0.717) is 32.5 Å². The van der Waals surface area contributed by atoms with Crippen LogP contribution in [0.1, 0.15) is 60.8 Å². The number of carbonyl (C=O) groups excluding carboxylic acids is 2. The normalized spacial score (nSPS) is 16.7. The zero-order chi connectivity index (χ0) is 19.3. The van der Waals surface area contributed by atoms with Gasteiger partial charge in [-0.3, -0.25) is 9.59 Å². The number of methoxy groups -OCH3 is 1. The largest absolute Gasteiger partial charge is 0.385 e. The predicted octanol–water partition coefficient (Wildman–Crippen LogP) is 2.65. The molecule has 6 heteroatoms. The molecule has 6 nitrogen and oxygen atoms in total. The fourth-order valence-corrected chi connectivity index (χ4v) is 4.14. The maximum atomic E-state index is 13.0. The van der Waals surface area contributed by atoms with Crippen molar-refractivity contribution >= 4 is 11.8 Å². The minimum Gasteiger partial charge on any atom is -0.385 e. The number of likely N-dealkylation sites (tertiary alicyclic amines) is 1. The number of ether oxygens (including phenoxy) is 1. The van der Waals surface area contributed by atoms with Gasteiger partial charge in [-0.25, -0.2) is 0 Å². The summed E-state index contributed by atoms with van der Waals surface area (Å²) in [5.41, 5.74) is 8.09. The second-order valence-electron chi connectivity index (χ2n) is 7.47. The minimum absolute atomic E-state index is 0.0608. The first-order valence-corrected chi connectivity index (χ1v) is 9.61. The topological polar surface area (TPSA) is 77.6 Å². The highest BCUT2D eigenvalue weighted by Gasteiger charge is 2.40. The van der Waals surface area contributed by atoms with Crippen LogP contribution in [0.15, 0.2) is 6.07 Å². The first-order valence-electron chi connectivity index (χ1n) is 9.61. The van der Waals surface area contributed by atoms with Crippen LogP contribution in [-0.4, -0.2) is 48.1 Å². The molecule has 26 heavy (non-hydrogen) atoms. The van der Waals surface area contributed by atoms with Crippen molar-refractivity contribution in [2.24, 2.45) is 11.1 Å². The zero-order valence-corrected chi connectivity index (χ0v) is 16.6. The molecule has 0 aliphatic carbocycles. The van der Waals surface area contributed by atoms with Crippen molar-refractivity contribution in [3.63, 3.8) is 0 Å². The third kappa shape index (κ3) is 4.11. The van der Waals surface area contributed by atoms with Crippen molar-refractivity contribution in [3.05, 3.63) is 23.0 Å². The number of nitrogens with two attached hydrogens (primary N) is 1. The molecule has 1 aliphatic heterocycles. The van der Waals surface area contributed by atoms with E-state index in [1.807, 2.05) is 24.8 Å². The van der Waals surface area contributed by atoms with Gasteiger partial charge in [0.25, 0.3) is 5.91 Å². The van der Waals surface area contributed by atoms with Crippen molar-refractivity contribution in [1.82, 2.24) is 9.47 Å². The fraction of sp³-hybridized carbons (Fsp3) is 0.700. The fourth-order valence-electron chi connectivity index (χ4n) is 4.14. The smallest absolute Gasteiger partial charge is 0.255 e. The van der Waals surface area contributed by atoms with Gasteiger partial charge in [0.15, 0.2) is 0 Å². The summed E-state index contributed by atoms with van der Waals surface area (Å²) in [6.07, 6.45) is 3.98. The van der Waals surface area contributed by atoms with Crippen LogP contribution in [0.5, 0.6) is 0 Å². The van der Waals surface area contributed by atoms with Gasteiger partial charge in [0.05, 0.1) is 11.0 Å². The molecule has 0 aromatic carbocycles. The number of hydrogen-bond acceptors (Lipinski definition) is 3. The van der Waals surface area contributed by atoms with Gasteiger partial charge in [-0.1, -0.05) is 13.3 Å². The van der Waals surface area contributed by atoms with Crippen LogP contribution in [0.2, 0.25) is 0 Å². The lowest BCUT2D eigenvalue weighted by Crippen LogP contribution is -2.48. The van der Waals surface area contributed by atoms with Gasteiger partial charge in [0.2, 0.25) is 5.91 Å². The quantitative estimate of drug-likeness (QED) is 0.721. The Hall–Kier alpha value is -1.82. The summed E-state index contributed by atoms with van der Waals surface area (Å²) < 4.78 is 7.31. The summed E-state index contributed by atoms with van der Waals surface area (Å²) in [6.45, 7) is 8.85. The highest BCUT2D eigenvalue weighted by Crippen LogP contribution is 2.36. The van der Waals surface area contributed by atoms with E-state index < -0.39 is 5.41 Å². The summed E-state index contributed by atoms with van der Waals surface area (Å²) in [4.78, 5) is 26.8. The molecule has 1 aromatic rings. The third-order valence-corrected chi connectivity index (χ3v) is 5.79. The highest BCUT2D eigenvalue weighted by molar-refractivity contribution is 5.96. The number of rotatable bonds is 8. The Bertz CT molecular complexity index is 643. The van der Waals surface area contributed by atoms with Crippen LogP contribution in [-0.2, 0) is 16.1 Å². The van der Waals surface area contributed by atoms with Crippen molar-refractivity contribution in [1.29, 1.82) is 0 Å². The van der Waals surface area contributed by atoms with E-state index in [4.69, 9.17) is 10.5 Å². The molecule has 1 fully saturated rings. The van der Waals surface area contributed by atoms with Gasteiger partial charge in [-0.05, 0) is 45.6 Å². The molecule has 2 N–H and O–H groups in total. The van der Waals surface area contributed by atoms with Gasteiger partial charge in [0.1, 0.15) is 0 Å². The third-order valence-electron chi connectivity index (χ3n) is 5.79. The number of amides is 2. The summed E-state index contributed by atoms with van der Waals surface area (Å²) in [5, 5.41) is 0. The Balaban J connectivity index is 2.09. The first kappa shape index (κ1) is 20.5. The first-order chi connectivity index (χ1) is 12.4. The number of aromatic nitrogens is 1. The van der Waals surface area contributed by atoms with E-state index in [9.17, 15) is 9.59 Å². The van der Waals surface area contributed by atoms with Crippen LogP contribution in [0, 0.1) is 19.3 Å². The van der Waals surface area contributed by atoms with E-state index in [1.54, 1.807) is 7.11 Å². The van der Waals surface area contributed by atoms with Gasteiger partial charge >= 0.3 is 0 Å². The van der Waals surface area contributed by atoms with Gasteiger partial charge in [-0.15, -0.1) is 0 Å². The molecular formula is C20H33N3O3. The monoisotopic (exact) mass is 363 g/mol. The molecule has 2 amide bonds. The number of piperidine rings is 1. The molecule has 0 saturated carbocycles. The number of nitrogens with zero attached hydrogens (tertiary/aromatic N) is 2. The summed E-state index contributed by atoms with van der Waals surface area (Å²) in [6, 6.07) is 1.98. The maximum Gasteiger partial charge on any atom is 0.255 e. The van der Waals surface area contributed by atoms with E-state index in [-0.39, 0.29) is 11.8 Å². The Morgan fingerprint density at radius 2 is 1.92 bits per heavy atom. The standard InChI is InChI=1S/C20H33N3O3/c1-5-7-20(19(21)25)8-11-22(12-9-20)18(24)17-14-15(2)23(16(17)3)10-6-13-26-4/h14H,5-13H2,1-4H3,(H2,21,25). The molecule has 2 heterocycles. The lowest BCUT2D eigenvalue weighted by molar-refractivity contribution is -0.130. The van der Waals surface area contributed by atoms with E-state index in [2.05, 4.69) is 11.5 Å². The number of aryl methyl sites for hydroxylation is 1. The summed E-state index contributed by atoms with van der Waals surface area (Å²) in [7, 11) is 1.70. The van der Waals surface area contributed by atoms with Gasteiger partial charge < -0.3 is 19.9 Å². The van der Waals surface area contributed by atoms with Crippen LogP contribution in [0.3, 0.4) is 0 Å². The number of primary amides is 1. The van der Waals surface area contributed by atoms with Gasteiger partial charge in [0, 0.05) is 44.7 Å². The van der Waals surface area contributed by atoms with Crippen molar-refractivity contribution in [2.45, 2.75) is 59.4 Å². The number of carbonyl (C=O) groups is 2. The molecule has 0 radical (unpaired) electrons. The number of hydrogen-bond donors (Lipinski definition) is 1. The molecule has 1 aliphatic rings. The Kier molecular flexibility index (Phi) is 6.87. The van der Waals surface area contributed by atoms with Crippen LogP contribution >= 0.6 is 0 Å². The molecule has 2 rings (SSSR count). The Morgan fingerprint density at radius 1 is 1.27 bits per heavy atom. The average Bonchev–Trinajstić information content (AvgIpc) is 2.90. The molecule has 1 aromatic heterocycles. The molecular weight excluding hydrogens is 330 g/mol. The lowest BCUT2D eigenvalue weighted by Gasteiger charge is -2.39. The summed E-state index contributed by atoms with van der Waals surface area (Å²) >= 11 is 0. The van der Waals surface area contributed by atoms with Gasteiger partial charge in [-0.2, -0.15) is 0 Å². The van der Waals surface area contributed by atoms with E-state index in [1.165, 1.54) is 0 Å². The molecule has 0 atom stereocenters. The molecule has 146 valence electrons. The summed E-state index contributed by atoms with van der Waals surface area (Å²) in [5.74, 6) is -0.159. The maximum absolute atomic E-state index is 13.0. The molecule has 0 unspecified atom stereocenters. The molecule has 0 bridgehead atoms.